The summed E-state index contributed by atoms with van der Waals surface area (Å²) in [5.41, 5.74) is 8.24. The number of amides is 7. The topological polar surface area (TPSA) is 334 Å². The van der Waals surface area contributed by atoms with Crippen LogP contribution in [-0.2, 0) is 68.0 Å². The Morgan fingerprint density at radius 3 is 1.99 bits per heavy atom. The number of thioether (sulfide) groups is 1. The van der Waals surface area contributed by atoms with Crippen molar-refractivity contribution in [1.29, 1.82) is 0 Å². The lowest BCUT2D eigenvalue weighted by atomic mass is 9.82. The predicted molar refractivity (Wildman–Crippen MR) is 263 cm³/mol. The molecule has 7 atom stereocenters. The highest BCUT2D eigenvalue weighted by Gasteiger charge is 2.35. The number of H-pyrrole nitrogens is 1. The molecule has 7 amide bonds. The Hall–Kier alpha value is -6.98. The smallest absolute Gasteiger partial charge is 0.446 e. The average Bonchev–Trinajstić information content (AvgIpc) is 3.72. The molecule has 1 aliphatic rings. The van der Waals surface area contributed by atoms with Crippen LogP contribution in [0.5, 0.6) is 5.75 Å². The van der Waals surface area contributed by atoms with Crippen molar-refractivity contribution in [2.24, 2.45) is 11.7 Å². The number of nitrogens with two attached hydrogens (primary N) is 1. The summed E-state index contributed by atoms with van der Waals surface area (Å²) in [4.78, 5) is 110. The maximum Gasteiger partial charge on any atom is 0.446 e. The van der Waals surface area contributed by atoms with Gasteiger partial charge in [-0.3, -0.25) is 42.9 Å². The fourth-order valence-corrected chi connectivity index (χ4v) is 9.24. The van der Waals surface area contributed by atoms with Crippen molar-refractivity contribution in [1.82, 2.24) is 36.9 Å². The number of carbonyl (C=O) groups excluding carboxylic acids is 7. The van der Waals surface area contributed by atoms with Gasteiger partial charge in [-0.2, -0.15) is 20.2 Å². The van der Waals surface area contributed by atoms with Gasteiger partial charge in [-0.25, -0.2) is 0 Å². The molecule has 0 radical (unpaired) electrons. The summed E-state index contributed by atoms with van der Waals surface area (Å²) in [6.45, 7) is 1.25. The number of hydrogen-bond acceptors (Lipinski definition) is 12. The van der Waals surface area contributed by atoms with Gasteiger partial charge < -0.3 is 51.9 Å². The summed E-state index contributed by atoms with van der Waals surface area (Å²) in [6.07, 6.45) is 5.10. The van der Waals surface area contributed by atoms with Crippen LogP contribution in [0.15, 0.2) is 85.1 Å². The van der Waals surface area contributed by atoms with Gasteiger partial charge in [-0.15, -0.1) is 0 Å². The zero-order valence-corrected chi connectivity index (χ0v) is 40.8. The summed E-state index contributed by atoms with van der Waals surface area (Å²) >= 11 is 1.37. The molecular formula is C48H60N8O13S2. The molecule has 4 aromatic rings. The summed E-state index contributed by atoms with van der Waals surface area (Å²) in [6, 6.07) is 14.5. The number of rotatable bonds is 26. The van der Waals surface area contributed by atoms with E-state index in [-0.39, 0.29) is 37.9 Å². The zero-order chi connectivity index (χ0) is 51.7. The molecule has 1 saturated carbocycles. The van der Waals surface area contributed by atoms with Gasteiger partial charge in [0.1, 0.15) is 36.0 Å². The third kappa shape index (κ3) is 17.7. The second kappa shape index (κ2) is 26.3. The van der Waals surface area contributed by atoms with Crippen LogP contribution < -0.4 is 41.8 Å². The number of fused-ring (bicyclic) bond motifs is 1. The van der Waals surface area contributed by atoms with Crippen molar-refractivity contribution in [2.45, 2.75) is 107 Å². The number of aromatic nitrogens is 1. The number of aromatic amines is 1. The number of nitrogens with one attached hydrogen (secondary N) is 7. The van der Waals surface area contributed by atoms with Gasteiger partial charge in [0.25, 0.3) is 0 Å². The first kappa shape index (κ1) is 55.0. The van der Waals surface area contributed by atoms with Gasteiger partial charge >= 0.3 is 16.4 Å². The predicted octanol–water partition coefficient (Wildman–Crippen LogP) is 1.60. The molecule has 1 aliphatic carbocycles. The minimum absolute atomic E-state index is 0.000252. The number of carbonyl (C=O) groups is 8. The van der Waals surface area contributed by atoms with Crippen molar-refractivity contribution >= 4 is 80.4 Å². The van der Waals surface area contributed by atoms with E-state index in [1.807, 2.05) is 24.3 Å². The fourth-order valence-electron chi connectivity index (χ4n) is 8.42. The molecule has 0 aliphatic heterocycles. The van der Waals surface area contributed by atoms with E-state index in [2.05, 4.69) is 41.1 Å². The highest BCUT2D eigenvalue weighted by atomic mass is 32.3. The average molecular weight is 1020 g/mol. The van der Waals surface area contributed by atoms with E-state index in [0.29, 0.717) is 35.3 Å². The van der Waals surface area contributed by atoms with Crippen molar-refractivity contribution in [3.05, 3.63) is 102 Å². The maximum atomic E-state index is 14.4. The summed E-state index contributed by atoms with van der Waals surface area (Å²) in [5, 5.41) is 26.6. The number of aliphatic carboxylic acids is 1. The van der Waals surface area contributed by atoms with Crippen LogP contribution in [0, 0.1) is 5.92 Å². The Labute approximate surface area is 414 Å². The molecule has 3 aromatic carbocycles. The van der Waals surface area contributed by atoms with Crippen LogP contribution in [0.25, 0.3) is 10.9 Å². The van der Waals surface area contributed by atoms with Gasteiger partial charge in [0.15, 0.2) is 0 Å². The molecule has 1 aromatic heterocycles. The van der Waals surface area contributed by atoms with E-state index in [4.69, 9.17) is 10.3 Å². The molecular weight excluding hydrogens is 961 g/mol. The summed E-state index contributed by atoms with van der Waals surface area (Å²) < 4.78 is 35.7. The minimum Gasteiger partial charge on any atom is -0.481 e. The molecule has 0 saturated heterocycles. The molecule has 1 heterocycles. The number of carboxylic acids is 1. The van der Waals surface area contributed by atoms with Crippen molar-refractivity contribution in [3.8, 4) is 5.75 Å². The molecule has 23 heteroatoms. The van der Waals surface area contributed by atoms with E-state index in [1.54, 1.807) is 42.8 Å². The fraction of sp³-hybridized carbons (Fsp3) is 0.417. The van der Waals surface area contributed by atoms with Gasteiger partial charge in [-0.1, -0.05) is 73.5 Å². The first-order chi connectivity index (χ1) is 33.8. The molecule has 0 unspecified atom stereocenters. The third-order valence-electron chi connectivity index (χ3n) is 11.9. The molecule has 0 bridgehead atoms. The quantitative estimate of drug-likeness (QED) is 0.0400. The lowest BCUT2D eigenvalue weighted by Crippen LogP contribution is -2.59. The van der Waals surface area contributed by atoms with E-state index in [1.165, 1.54) is 43.0 Å². The molecule has 11 N–H and O–H groups in total. The highest BCUT2D eigenvalue weighted by Crippen LogP contribution is 2.28. The Bertz CT molecular complexity index is 2630. The maximum absolute atomic E-state index is 14.4. The number of carboxylic acid groups (broad SMARTS) is 1. The van der Waals surface area contributed by atoms with Crippen LogP contribution in [0.2, 0.25) is 0 Å². The van der Waals surface area contributed by atoms with Crippen molar-refractivity contribution in [2.75, 3.05) is 12.0 Å². The van der Waals surface area contributed by atoms with E-state index < -0.39 is 106 Å². The van der Waals surface area contributed by atoms with Gasteiger partial charge in [-0.05, 0) is 72.1 Å². The normalized spacial score (nSPS) is 16.7. The number of para-hydroxylation sites is 1. The number of primary amides is 1. The monoisotopic (exact) mass is 1020 g/mol. The van der Waals surface area contributed by atoms with Crippen molar-refractivity contribution in [3.63, 3.8) is 0 Å². The largest absolute Gasteiger partial charge is 0.481 e. The molecule has 1 fully saturated rings. The van der Waals surface area contributed by atoms with Crippen LogP contribution in [0.1, 0.15) is 68.6 Å². The van der Waals surface area contributed by atoms with Crippen LogP contribution in [-0.4, -0.2) is 119 Å². The molecule has 21 nitrogen and oxygen atoms in total. The van der Waals surface area contributed by atoms with E-state index >= 15 is 0 Å². The third-order valence-corrected chi connectivity index (χ3v) is 12.9. The van der Waals surface area contributed by atoms with Crippen LogP contribution in [0.3, 0.4) is 0 Å². The second-order valence-electron chi connectivity index (χ2n) is 17.3. The van der Waals surface area contributed by atoms with E-state index in [0.717, 1.165) is 23.7 Å². The molecule has 71 heavy (non-hydrogen) atoms. The Balaban J connectivity index is 1.32. The SMILES string of the molecule is CSCC[C@H](NC(=O)[C@H](Cc1c[nH]c2ccccc12)NC(=O)C[C@H]1CCCC[C@@H]1NC(=O)[C@H](Cc1ccc(OS(=O)(=O)O)cc1)NC(C)=O)C(=O)N[C@@H](CC(=O)O)C(=O)N[C@@H](Cc1ccccc1)C(N)=O. The first-order valence-electron chi connectivity index (χ1n) is 22.9. The number of benzene rings is 3. The second-order valence-corrected chi connectivity index (χ2v) is 19.3. The minimum atomic E-state index is -4.76. The summed E-state index contributed by atoms with van der Waals surface area (Å²) in [7, 11) is -4.76. The lowest BCUT2D eigenvalue weighted by Gasteiger charge is -2.33. The number of hydrogen-bond donors (Lipinski definition) is 10. The Morgan fingerprint density at radius 2 is 1.32 bits per heavy atom. The van der Waals surface area contributed by atoms with E-state index in [9.17, 15) is 51.9 Å². The van der Waals surface area contributed by atoms with Crippen LogP contribution in [0.4, 0.5) is 0 Å². The van der Waals surface area contributed by atoms with Crippen LogP contribution >= 0.6 is 11.8 Å². The van der Waals surface area contributed by atoms with Gasteiger partial charge in [0, 0.05) is 55.7 Å². The van der Waals surface area contributed by atoms with Gasteiger partial charge in [0.05, 0.1) is 6.42 Å². The Kier molecular flexibility index (Phi) is 20.3. The first-order valence-corrected chi connectivity index (χ1v) is 25.7. The zero-order valence-electron chi connectivity index (χ0n) is 39.2. The molecule has 0 spiro atoms. The molecule has 382 valence electrons. The summed E-state index contributed by atoms with van der Waals surface area (Å²) in [5.74, 6) is -6.66. The van der Waals surface area contributed by atoms with Crippen molar-refractivity contribution < 1.29 is 60.6 Å². The lowest BCUT2D eigenvalue weighted by molar-refractivity contribution is -0.141. The highest BCUT2D eigenvalue weighted by molar-refractivity contribution is 7.98. The van der Waals surface area contributed by atoms with Gasteiger partial charge in [0.2, 0.25) is 41.4 Å². The standard InChI is InChI=1S/C48H60N8O13S2/c1-28(57)51-39(23-30-16-18-33(19-17-30)69-71(66,67)68)46(63)53-35-14-8-6-12-31(35)25-42(58)52-40(24-32-27-50-36-15-9-7-13-34(32)36)47(64)54-37(20-21-70-2)45(62)56-41(26-43(59)60)48(65)55-38(44(49)61)22-29-10-4-3-5-11-29/h3-5,7,9-11,13,15-19,27,31,35,37-41,50H,6,8,12,14,20-26H2,1-2H3,(H2,49,61)(H,51,57)(H,52,58)(H,53,63)(H,54,64)(H,55,65)(H,56,62)(H,59,60)(H,66,67,68)/t31-,35+,37+,38+,39+,40+,41+/m1/s1. The molecule has 5 rings (SSSR count). The Morgan fingerprint density at radius 1 is 0.732 bits per heavy atom.